The van der Waals surface area contributed by atoms with Crippen molar-refractivity contribution >= 4 is 17.7 Å². The van der Waals surface area contributed by atoms with Crippen molar-refractivity contribution in [3.63, 3.8) is 0 Å². The molecule has 1 aliphatic heterocycles. The molecule has 0 fully saturated rings. The van der Waals surface area contributed by atoms with Crippen LogP contribution in [0.4, 0.5) is 0 Å². The molecule has 1 heterocycles. The number of carbonyl (C=O) groups excluding carboxylic acids is 1. The molecule has 4 nitrogen and oxygen atoms in total. The summed E-state index contributed by atoms with van der Waals surface area (Å²) in [6.45, 7) is 2.98. The van der Waals surface area contributed by atoms with E-state index in [1.807, 2.05) is 24.3 Å². The molecule has 5 heteroatoms. The van der Waals surface area contributed by atoms with Crippen LogP contribution >= 0.6 is 11.8 Å². The van der Waals surface area contributed by atoms with Gasteiger partial charge < -0.3 is 14.8 Å². The lowest BCUT2D eigenvalue weighted by molar-refractivity contribution is -0.121. The van der Waals surface area contributed by atoms with Gasteiger partial charge in [-0.1, -0.05) is 29.8 Å². The fraction of sp³-hybridized carbons (Fsp3) is 0.316. The highest BCUT2D eigenvalue weighted by atomic mass is 32.2. The largest absolute Gasteiger partial charge is 0.486 e. The van der Waals surface area contributed by atoms with Crippen LogP contribution in [-0.4, -0.2) is 30.9 Å². The molecule has 1 aliphatic rings. The Kier molecular flexibility index (Phi) is 5.64. The van der Waals surface area contributed by atoms with Crippen LogP contribution in [0.5, 0.6) is 11.5 Å². The summed E-state index contributed by atoms with van der Waals surface area (Å²) in [5.74, 6) is 2.30. The van der Waals surface area contributed by atoms with Crippen molar-refractivity contribution in [3.05, 3.63) is 54.1 Å². The highest BCUT2D eigenvalue weighted by molar-refractivity contribution is 7.99. The van der Waals surface area contributed by atoms with E-state index in [0.717, 1.165) is 17.3 Å². The van der Waals surface area contributed by atoms with Crippen molar-refractivity contribution in [1.29, 1.82) is 0 Å². The summed E-state index contributed by atoms with van der Waals surface area (Å²) in [5.41, 5.74) is 1.24. The number of hydrogen-bond donors (Lipinski definition) is 1. The number of nitrogens with one attached hydrogen (secondary N) is 1. The maximum atomic E-state index is 12.0. The van der Waals surface area contributed by atoms with Crippen LogP contribution in [0.3, 0.4) is 0 Å². The van der Waals surface area contributed by atoms with Crippen LogP contribution in [0.25, 0.3) is 0 Å². The van der Waals surface area contributed by atoms with E-state index >= 15 is 0 Å². The lowest BCUT2D eigenvalue weighted by atomic mass is 10.2. The van der Waals surface area contributed by atoms with Crippen LogP contribution in [0.2, 0.25) is 0 Å². The van der Waals surface area contributed by atoms with Gasteiger partial charge >= 0.3 is 0 Å². The van der Waals surface area contributed by atoms with E-state index in [1.54, 1.807) is 11.8 Å². The summed E-state index contributed by atoms with van der Waals surface area (Å²) in [4.78, 5) is 13.1. The number of fused-ring (bicyclic) bond motifs is 1. The zero-order valence-corrected chi connectivity index (χ0v) is 14.5. The topological polar surface area (TPSA) is 47.6 Å². The maximum Gasteiger partial charge on any atom is 0.220 e. The van der Waals surface area contributed by atoms with Crippen LogP contribution < -0.4 is 14.8 Å². The molecule has 2 aromatic rings. The average molecular weight is 343 g/mol. The summed E-state index contributed by atoms with van der Waals surface area (Å²) < 4.78 is 11.5. The molecule has 126 valence electrons. The lowest BCUT2D eigenvalue weighted by Gasteiger charge is -2.26. The van der Waals surface area contributed by atoms with Gasteiger partial charge in [-0.2, -0.15) is 0 Å². The molecule has 2 aromatic carbocycles. The van der Waals surface area contributed by atoms with Gasteiger partial charge in [0.25, 0.3) is 0 Å². The third kappa shape index (κ3) is 4.68. The molecule has 1 amide bonds. The highest BCUT2D eigenvalue weighted by Gasteiger charge is 2.20. The molecule has 24 heavy (non-hydrogen) atoms. The minimum absolute atomic E-state index is 0.0390. The van der Waals surface area contributed by atoms with Crippen LogP contribution in [0, 0.1) is 6.92 Å². The van der Waals surface area contributed by atoms with Gasteiger partial charge in [0, 0.05) is 17.1 Å². The molecule has 3 rings (SSSR count). The smallest absolute Gasteiger partial charge is 0.220 e. The van der Waals surface area contributed by atoms with E-state index in [-0.39, 0.29) is 12.0 Å². The fourth-order valence-electron chi connectivity index (χ4n) is 2.38. The van der Waals surface area contributed by atoms with E-state index in [4.69, 9.17) is 9.47 Å². The van der Waals surface area contributed by atoms with Crippen LogP contribution in [0.1, 0.15) is 12.0 Å². The lowest BCUT2D eigenvalue weighted by Crippen LogP contribution is -2.40. The molecule has 0 radical (unpaired) electrons. The molecular weight excluding hydrogens is 322 g/mol. The van der Waals surface area contributed by atoms with Crippen molar-refractivity contribution < 1.29 is 14.3 Å². The Morgan fingerprint density at radius 2 is 1.92 bits per heavy atom. The van der Waals surface area contributed by atoms with Crippen LogP contribution in [0.15, 0.2) is 53.4 Å². The Balaban J connectivity index is 1.36. The molecule has 1 atom stereocenters. The third-order valence-electron chi connectivity index (χ3n) is 3.71. The first-order valence-electron chi connectivity index (χ1n) is 8.05. The van der Waals surface area contributed by atoms with Gasteiger partial charge in [0.2, 0.25) is 5.91 Å². The highest BCUT2D eigenvalue weighted by Crippen LogP contribution is 2.30. The van der Waals surface area contributed by atoms with Gasteiger partial charge in [-0.3, -0.25) is 4.79 Å². The Bertz CT molecular complexity index is 687. The normalized spacial score (nSPS) is 15.8. The van der Waals surface area contributed by atoms with Gasteiger partial charge in [-0.25, -0.2) is 0 Å². The summed E-state index contributed by atoms with van der Waals surface area (Å²) >= 11 is 1.69. The first-order chi connectivity index (χ1) is 11.7. The molecule has 1 N–H and O–H groups in total. The van der Waals surface area contributed by atoms with E-state index in [2.05, 4.69) is 36.5 Å². The van der Waals surface area contributed by atoms with Gasteiger partial charge in [0.05, 0.1) is 6.54 Å². The Labute approximate surface area is 146 Å². The number of amides is 1. The maximum absolute atomic E-state index is 12.0. The second-order valence-electron chi connectivity index (χ2n) is 5.71. The molecule has 1 unspecified atom stereocenters. The van der Waals surface area contributed by atoms with E-state index in [9.17, 15) is 4.79 Å². The van der Waals surface area contributed by atoms with Crippen LogP contribution in [-0.2, 0) is 4.79 Å². The minimum Gasteiger partial charge on any atom is -0.486 e. The van der Waals surface area contributed by atoms with Gasteiger partial charge in [0.15, 0.2) is 11.5 Å². The molecular formula is C19H21NO3S. The summed E-state index contributed by atoms with van der Waals surface area (Å²) in [6.07, 6.45) is 0.344. The number of carbonyl (C=O) groups is 1. The second-order valence-corrected chi connectivity index (χ2v) is 6.88. The predicted octanol–water partition coefficient (Wildman–Crippen LogP) is 3.43. The van der Waals surface area contributed by atoms with E-state index in [0.29, 0.717) is 19.6 Å². The first kappa shape index (κ1) is 16.7. The molecule has 0 saturated heterocycles. The number of thioether (sulfide) groups is 1. The molecule has 0 aromatic heterocycles. The van der Waals surface area contributed by atoms with Crippen molar-refractivity contribution in [2.45, 2.75) is 24.3 Å². The van der Waals surface area contributed by atoms with Gasteiger partial charge in [-0.15, -0.1) is 11.8 Å². The third-order valence-corrected chi connectivity index (χ3v) is 4.73. The summed E-state index contributed by atoms with van der Waals surface area (Å²) in [6, 6.07) is 15.9. The summed E-state index contributed by atoms with van der Waals surface area (Å²) in [7, 11) is 0. The number of rotatable bonds is 6. The monoisotopic (exact) mass is 343 g/mol. The van der Waals surface area contributed by atoms with E-state index < -0.39 is 0 Å². The number of benzene rings is 2. The predicted molar refractivity (Wildman–Crippen MR) is 95.9 cm³/mol. The Morgan fingerprint density at radius 1 is 1.17 bits per heavy atom. The first-order valence-corrected chi connectivity index (χ1v) is 9.04. The van der Waals surface area contributed by atoms with Crippen molar-refractivity contribution in [1.82, 2.24) is 5.32 Å². The molecule has 0 saturated carbocycles. The van der Waals surface area contributed by atoms with E-state index in [1.165, 1.54) is 10.5 Å². The number of hydrogen-bond acceptors (Lipinski definition) is 4. The Morgan fingerprint density at radius 3 is 2.71 bits per heavy atom. The second kappa shape index (κ2) is 8.11. The average Bonchev–Trinajstić information content (AvgIpc) is 2.61. The summed E-state index contributed by atoms with van der Waals surface area (Å²) in [5, 5.41) is 2.92. The van der Waals surface area contributed by atoms with Crippen molar-refractivity contribution in [2.24, 2.45) is 0 Å². The standard InChI is InChI=1S/C19H21NO3S/c1-14-6-8-16(9-7-14)24-11-10-19(21)20-12-15-13-22-17-4-2-3-5-18(17)23-15/h2-9,15H,10-13H2,1H3,(H,20,21). The van der Waals surface area contributed by atoms with Gasteiger partial charge in [-0.05, 0) is 31.2 Å². The van der Waals surface area contributed by atoms with Gasteiger partial charge in [0.1, 0.15) is 12.7 Å². The zero-order chi connectivity index (χ0) is 16.8. The number of aryl methyl sites for hydroxylation is 1. The number of para-hydroxylation sites is 2. The zero-order valence-electron chi connectivity index (χ0n) is 13.7. The quantitative estimate of drug-likeness (QED) is 0.816. The van der Waals surface area contributed by atoms with Crippen molar-refractivity contribution in [2.75, 3.05) is 18.9 Å². The Hall–Kier alpha value is -2.14. The number of ether oxygens (including phenoxy) is 2. The molecule has 0 aliphatic carbocycles. The fourth-order valence-corrected chi connectivity index (χ4v) is 3.23. The molecule has 0 bridgehead atoms. The minimum atomic E-state index is -0.145. The molecule has 0 spiro atoms. The van der Waals surface area contributed by atoms with Crippen molar-refractivity contribution in [3.8, 4) is 11.5 Å². The SMILES string of the molecule is Cc1ccc(SCCC(=O)NCC2COc3ccccc3O2)cc1.